The third-order valence-corrected chi connectivity index (χ3v) is 0.898. The van der Waals surface area contributed by atoms with E-state index >= 15 is 0 Å². The summed E-state index contributed by atoms with van der Waals surface area (Å²) < 4.78 is 5.69. The Bertz CT molecular complexity index is 40.7. The molecule has 0 aliphatic carbocycles. The van der Waals surface area contributed by atoms with Crippen molar-refractivity contribution in [3.63, 3.8) is 0 Å². The molecule has 2 nitrogen and oxygen atoms in total. The number of halogens is 1. The molecule has 0 aliphatic heterocycles. The molecule has 0 bridgehead atoms. The van der Waals surface area contributed by atoms with Gasteiger partial charge in [0.25, 0.3) is 0 Å². The van der Waals surface area contributed by atoms with E-state index in [9.17, 15) is 0 Å². The first-order chi connectivity index (χ1) is 3.27. The highest BCUT2D eigenvalue weighted by molar-refractivity contribution is 14.1. The summed E-state index contributed by atoms with van der Waals surface area (Å²) in [6, 6.07) is 0.176. The van der Waals surface area contributed by atoms with E-state index in [4.69, 9.17) is 10.5 Å². The van der Waals surface area contributed by atoms with Crippen LogP contribution in [-0.2, 0) is 4.74 Å². The summed E-state index contributed by atoms with van der Waals surface area (Å²) in [5.41, 5.74) is 5.35. The van der Waals surface area contributed by atoms with Crippen molar-refractivity contribution in [3.05, 3.63) is 0 Å². The molecule has 1 atom stereocenters. The van der Waals surface area contributed by atoms with Crippen LogP contribution in [0.15, 0.2) is 0 Å². The Kier molecular flexibility index (Phi) is 5.25. The normalized spacial score (nSPS) is 14.1. The topological polar surface area (TPSA) is 35.2 Å². The quantitative estimate of drug-likeness (QED) is 0.556. The molecule has 3 heteroatoms. The van der Waals surface area contributed by atoms with Crippen LogP contribution in [0.4, 0.5) is 0 Å². The Morgan fingerprint density at radius 1 is 1.86 bits per heavy atom. The summed E-state index contributed by atoms with van der Waals surface area (Å²) in [6.45, 7) is 2.59. The molecule has 0 aliphatic rings. The maximum absolute atomic E-state index is 5.35. The van der Waals surface area contributed by atoms with Gasteiger partial charge in [0.05, 0.1) is 11.2 Å². The fraction of sp³-hybridized carbons (Fsp3) is 1.00. The SMILES string of the molecule is CC(N)COCI. The number of nitrogens with two attached hydrogens (primary N) is 1. The molecule has 0 aromatic carbocycles. The van der Waals surface area contributed by atoms with Crippen molar-refractivity contribution in [1.29, 1.82) is 0 Å². The van der Waals surface area contributed by atoms with Crippen molar-refractivity contribution in [2.75, 3.05) is 11.2 Å². The summed E-state index contributed by atoms with van der Waals surface area (Å²) in [5.74, 6) is 0. The largest absolute Gasteiger partial charge is 0.370 e. The lowest BCUT2D eigenvalue weighted by Crippen LogP contribution is -2.21. The molecule has 7 heavy (non-hydrogen) atoms. The molecule has 2 N–H and O–H groups in total. The Morgan fingerprint density at radius 3 is 2.57 bits per heavy atom. The lowest BCUT2D eigenvalue weighted by atomic mass is 10.4. The lowest BCUT2D eigenvalue weighted by Gasteiger charge is -2.01. The molecular formula is C4H10INO. The zero-order valence-corrected chi connectivity index (χ0v) is 6.51. The van der Waals surface area contributed by atoms with Gasteiger partial charge in [-0.15, -0.1) is 0 Å². The molecule has 0 aromatic rings. The van der Waals surface area contributed by atoms with E-state index in [0.29, 0.717) is 6.61 Å². The van der Waals surface area contributed by atoms with Gasteiger partial charge in [0, 0.05) is 6.04 Å². The molecule has 1 unspecified atom stereocenters. The van der Waals surface area contributed by atoms with Gasteiger partial charge in [0.15, 0.2) is 0 Å². The van der Waals surface area contributed by atoms with Crippen molar-refractivity contribution in [2.45, 2.75) is 13.0 Å². The van der Waals surface area contributed by atoms with Crippen LogP contribution in [0.1, 0.15) is 6.92 Å². The van der Waals surface area contributed by atoms with Crippen LogP contribution in [0.5, 0.6) is 0 Å². The molecule has 0 rings (SSSR count). The maximum atomic E-state index is 5.35. The van der Waals surface area contributed by atoms with E-state index in [1.54, 1.807) is 0 Å². The average molecular weight is 215 g/mol. The number of ether oxygens (including phenoxy) is 1. The minimum absolute atomic E-state index is 0.176. The zero-order chi connectivity index (χ0) is 5.70. The Hall–Kier alpha value is 0.650. The Balaban J connectivity index is 2.68. The molecule has 0 aromatic heterocycles. The van der Waals surface area contributed by atoms with Crippen LogP contribution in [0.25, 0.3) is 0 Å². The van der Waals surface area contributed by atoms with Gasteiger partial charge in [0.1, 0.15) is 0 Å². The van der Waals surface area contributed by atoms with Crippen molar-refractivity contribution in [1.82, 2.24) is 0 Å². The van der Waals surface area contributed by atoms with Gasteiger partial charge in [-0.2, -0.15) is 0 Å². The molecule has 0 fully saturated rings. The third kappa shape index (κ3) is 6.65. The summed E-state index contributed by atoms with van der Waals surface area (Å²) in [4.78, 5) is 0. The molecule has 0 heterocycles. The van der Waals surface area contributed by atoms with Crippen LogP contribution in [-0.4, -0.2) is 17.3 Å². The molecule has 0 spiro atoms. The van der Waals surface area contributed by atoms with Crippen molar-refractivity contribution in [3.8, 4) is 0 Å². The smallest absolute Gasteiger partial charge is 0.0980 e. The van der Waals surface area contributed by atoms with E-state index in [1.807, 2.05) is 6.92 Å². The predicted octanol–water partition coefficient (Wildman–Crippen LogP) is 0.743. The molecule has 0 saturated heterocycles. The molecule has 0 amide bonds. The molecular weight excluding hydrogens is 205 g/mol. The third-order valence-electron chi connectivity index (χ3n) is 0.458. The van der Waals surface area contributed by atoms with E-state index in [0.717, 1.165) is 4.61 Å². The molecule has 0 radical (unpaired) electrons. The molecule has 44 valence electrons. The highest BCUT2D eigenvalue weighted by atomic mass is 127. The van der Waals surface area contributed by atoms with Crippen LogP contribution in [0.3, 0.4) is 0 Å². The summed E-state index contributed by atoms with van der Waals surface area (Å²) in [7, 11) is 0. The first-order valence-corrected chi connectivity index (χ1v) is 3.69. The van der Waals surface area contributed by atoms with Gasteiger partial charge in [-0.1, -0.05) is 22.6 Å². The van der Waals surface area contributed by atoms with Crippen LogP contribution in [0, 0.1) is 0 Å². The average Bonchev–Trinajstić information content (AvgIpc) is 1.61. The number of hydrogen-bond donors (Lipinski definition) is 1. The minimum atomic E-state index is 0.176. The monoisotopic (exact) mass is 215 g/mol. The van der Waals surface area contributed by atoms with Crippen LogP contribution < -0.4 is 5.73 Å². The van der Waals surface area contributed by atoms with Gasteiger partial charge >= 0.3 is 0 Å². The predicted molar refractivity (Wildman–Crippen MR) is 38.5 cm³/mol. The van der Waals surface area contributed by atoms with E-state index < -0.39 is 0 Å². The van der Waals surface area contributed by atoms with Crippen molar-refractivity contribution < 1.29 is 4.74 Å². The summed E-state index contributed by atoms with van der Waals surface area (Å²) >= 11 is 2.14. The fourth-order valence-corrected chi connectivity index (χ4v) is 0.485. The second kappa shape index (κ2) is 4.80. The summed E-state index contributed by atoms with van der Waals surface area (Å²) in [6.07, 6.45) is 0. The zero-order valence-electron chi connectivity index (χ0n) is 4.36. The van der Waals surface area contributed by atoms with Crippen LogP contribution in [0.2, 0.25) is 0 Å². The van der Waals surface area contributed by atoms with Gasteiger partial charge in [0.2, 0.25) is 0 Å². The van der Waals surface area contributed by atoms with Crippen molar-refractivity contribution >= 4 is 22.6 Å². The summed E-state index contributed by atoms with van der Waals surface area (Å²) in [5, 5.41) is 0. The standard InChI is InChI=1S/C4H10INO/c1-4(6)2-7-3-5/h4H,2-3,6H2,1H3. The number of hydrogen-bond acceptors (Lipinski definition) is 2. The first kappa shape index (κ1) is 7.65. The highest BCUT2D eigenvalue weighted by Gasteiger charge is 1.88. The number of rotatable bonds is 3. The second-order valence-corrected chi connectivity index (χ2v) is 2.08. The van der Waals surface area contributed by atoms with Crippen molar-refractivity contribution in [2.24, 2.45) is 5.73 Å². The maximum Gasteiger partial charge on any atom is 0.0980 e. The van der Waals surface area contributed by atoms with E-state index in [1.165, 1.54) is 0 Å². The first-order valence-electron chi connectivity index (χ1n) is 2.16. The number of alkyl halides is 1. The fourth-order valence-electron chi connectivity index (χ4n) is 0.230. The van der Waals surface area contributed by atoms with Gasteiger partial charge in [-0.3, -0.25) is 0 Å². The van der Waals surface area contributed by atoms with Gasteiger partial charge in [-0.25, -0.2) is 0 Å². The Labute approximate surface area is 57.5 Å². The highest BCUT2D eigenvalue weighted by Crippen LogP contribution is 1.84. The molecule has 0 saturated carbocycles. The minimum Gasteiger partial charge on any atom is -0.370 e. The van der Waals surface area contributed by atoms with Gasteiger partial charge in [-0.05, 0) is 6.92 Å². The van der Waals surface area contributed by atoms with Gasteiger partial charge < -0.3 is 10.5 Å². The van der Waals surface area contributed by atoms with E-state index in [-0.39, 0.29) is 6.04 Å². The van der Waals surface area contributed by atoms with Crippen LogP contribution >= 0.6 is 22.6 Å². The lowest BCUT2D eigenvalue weighted by molar-refractivity contribution is 0.178. The second-order valence-electron chi connectivity index (χ2n) is 1.46. The Morgan fingerprint density at radius 2 is 2.43 bits per heavy atom. The van der Waals surface area contributed by atoms with E-state index in [2.05, 4.69) is 22.6 Å².